The molecule has 1 amide bonds. The van der Waals surface area contributed by atoms with E-state index in [0.29, 0.717) is 45.9 Å². The van der Waals surface area contributed by atoms with Crippen LogP contribution in [0.15, 0.2) is 36.4 Å². The molecule has 0 aliphatic rings. The monoisotopic (exact) mass is 391 g/mol. The molecule has 2 aromatic rings. The highest BCUT2D eigenvalue weighted by Gasteiger charge is 2.11. The summed E-state index contributed by atoms with van der Waals surface area (Å²) in [5, 5.41) is 3.17. The topological polar surface area (TPSA) is 66.0 Å². The number of halogens is 1. The number of carbonyl (C=O) groups is 1. The first-order valence-corrected chi connectivity index (χ1v) is 8.61. The number of hydrogen-bond donors (Lipinski definition) is 1. The van der Waals surface area contributed by atoms with Gasteiger partial charge in [-0.1, -0.05) is 11.6 Å². The van der Waals surface area contributed by atoms with Crippen LogP contribution >= 0.6 is 11.6 Å². The quantitative estimate of drug-likeness (QED) is 0.675. The molecule has 0 aliphatic heterocycles. The highest BCUT2D eigenvalue weighted by molar-refractivity contribution is 6.32. The summed E-state index contributed by atoms with van der Waals surface area (Å²) in [7, 11) is 4.61. The van der Waals surface area contributed by atoms with Crippen molar-refractivity contribution in [1.29, 1.82) is 0 Å². The Kier molecular flexibility index (Phi) is 7.37. The zero-order valence-electron chi connectivity index (χ0n) is 15.7. The molecule has 6 nitrogen and oxygen atoms in total. The van der Waals surface area contributed by atoms with Crippen LogP contribution in [0, 0.1) is 0 Å². The van der Waals surface area contributed by atoms with E-state index in [-0.39, 0.29) is 5.91 Å². The predicted octanol–water partition coefficient (Wildman–Crippen LogP) is 4.42. The fourth-order valence-electron chi connectivity index (χ4n) is 2.39. The largest absolute Gasteiger partial charge is 0.497 e. The second kappa shape index (κ2) is 9.73. The predicted molar refractivity (Wildman–Crippen MR) is 106 cm³/mol. The molecule has 7 heteroatoms. The lowest BCUT2D eigenvalue weighted by Gasteiger charge is -2.12. The third-order valence-electron chi connectivity index (χ3n) is 3.63. The molecule has 0 saturated heterocycles. The Morgan fingerprint density at radius 1 is 1.07 bits per heavy atom. The molecule has 0 spiro atoms. The highest BCUT2D eigenvalue weighted by Crippen LogP contribution is 2.36. The number of amides is 1. The van der Waals surface area contributed by atoms with Crippen molar-refractivity contribution in [3.63, 3.8) is 0 Å². The molecular weight excluding hydrogens is 370 g/mol. The number of benzene rings is 2. The van der Waals surface area contributed by atoms with E-state index in [1.165, 1.54) is 20.3 Å². The second-order valence-electron chi connectivity index (χ2n) is 5.36. The minimum atomic E-state index is -0.316. The molecule has 2 aromatic carbocycles. The highest BCUT2D eigenvalue weighted by atomic mass is 35.5. The molecule has 0 radical (unpaired) electrons. The summed E-state index contributed by atoms with van der Waals surface area (Å²) in [5.74, 6) is 1.80. The van der Waals surface area contributed by atoms with Crippen LogP contribution in [-0.2, 0) is 4.79 Å². The molecule has 0 aromatic heterocycles. The Labute approximate surface area is 163 Å². The van der Waals surface area contributed by atoms with Crippen molar-refractivity contribution in [3.8, 4) is 23.0 Å². The number of methoxy groups -OCH3 is 3. The standard InChI is InChI=1S/C20H22ClNO5/c1-5-27-18-11-13(10-15(21)20(18)26-4)6-9-19(23)22-16-8-7-14(24-2)12-17(16)25-3/h6-12H,5H2,1-4H3,(H,22,23)/b9-6+. The normalized spacial score (nSPS) is 10.6. The van der Waals surface area contributed by atoms with E-state index in [1.807, 2.05) is 6.92 Å². The third kappa shape index (κ3) is 5.31. The van der Waals surface area contributed by atoms with Gasteiger partial charge in [0, 0.05) is 12.1 Å². The molecule has 1 N–H and O–H groups in total. The van der Waals surface area contributed by atoms with E-state index in [4.69, 9.17) is 30.5 Å². The first-order chi connectivity index (χ1) is 13.0. The summed E-state index contributed by atoms with van der Waals surface area (Å²) in [6.45, 7) is 2.34. The summed E-state index contributed by atoms with van der Waals surface area (Å²) in [6.07, 6.45) is 3.04. The Balaban J connectivity index is 2.17. The van der Waals surface area contributed by atoms with Gasteiger partial charge in [-0.05, 0) is 42.8 Å². The smallest absolute Gasteiger partial charge is 0.248 e. The van der Waals surface area contributed by atoms with E-state index in [0.717, 1.165) is 0 Å². The first kappa shape index (κ1) is 20.5. The fourth-order valence-corrected chi connectivity index (χ4v) is 2.69. The maximum atomic E-state index is 12.3. The summed E-state index contributed by atoms with van der Waals surface area (Å²) in [5.41, 5.74) is 1.25. The molecule has 2 rings (SSSR count). The molecule has 144 valence electrons. The van der Waals surface area contributed by atoms with Crippen LogP contribution in [-0.4, -0.2) is 33.8 Å². The minimum absolute atomic E-state index is 0.316. The number of carbonyl (C=O) groups excluding carboxylic acids is 1. The van der Waals surface area contributed by atoms with Gasteiger partial charge in [0.05, 0.1) is 38.6 Å². The Hall–Kier alpha value is -2.86. The molecule has 0 heterocycles. The van der Waals surface area contributed by atoms with Crippen molar-refractivity contribution >= 4 is 29.3 Å². The van der Waals surface area contributed by atoms with Gasteiger partial charge in [0.1, 0.15) is 11.5 Å². The van der Waals surface area contributed by atoms with Gasteiger partial charge in [0.2, 0.25) is 5.91 Å². The van der Waals surface area contributed by atoms with E-state index in [2.05, 4.69) is 5.32 Å². The number of nitrogens with one attached hydrogen (secondary N) is 1. The van der Waals surface area contributed by atoms with Gasteiger partial charge in [-0.15, -0.1) is 0 Å². The van der Waals surface area contributed by atoms with E-state index in [9.17, 15) is 4.79 Å². The molecule has 0 bridgehead atoms. The van der Waals surface area contributed by atoms with E-state index in [1.54, 1.807) is 43.5 Å². The van der Waals surface area contributed by atoms with Crippen molar-refractivity contribution in [2.24, 2.45) is 0 Å². The van der Waals surface area contributed by atoms with Crippen molar-refractivity contribution < 1.29 is 23.7 Å². The fraction of sp³-hybridized carbons (Fsp3) is 0.250. The van der Waals surface area contributed by atoms with Crippen LogP contribution in [0.4, 0.5) is 5.69 Å². The minimum Gasteiger partial charge on any atom is -0.497 e. The first-order valence-electron chi connectivity index (χ1n) is 8.23. The van der Waals surface area contributed by atoms with Gasteiger partial charge in [-0.3, -0.25) is 4.79 Å². The van der Waals surface area contributed by atoms with Crippen molar-refractivity contribution in [2.75, 3.05) is 33.3 Å². The van der Waals surface area contributed by atoms with E-state index >= 15 is 0 Å². The molecule has 0 unspecified atom stereocenters. The molecule has 27 heavy (non-hydrogen) atoms. The van der Waals surface area contributed by atoms with Crippen LogP contribution in [0.2, 0.25) is 5.02 Å². The summed E-state index contributed by atoms with van der Waals surface area (Å²) >= 11 is 6.22. The average molecular weight is 392 g/mol. The summed E-state index contributed by atoms with van der Waals surface area (Å²) in [6, 6.07) is 8.59. The van der Waals surface area contributed by atoms with Crippen molar-refractivity contribution in [3.05, 3.63) is 47.0 Å². The molecule has 0 aliphatic carbocycles. The van der Waals surface area contributed by atoms with Crippen LogP contribution in [0.3, 0.4) is 0 Å². The summed E-state index contributed by atoms with van der Waals surface area (Å²) in [4.78, 5) is 12.3. The summed E-state index contributed by atoms with van der Waals surface area (Å²) < 4.78 is 21.2. The SMILES string of the molecule is CCOc1cc(/C=C/C(=O)Nc2ccc(OC)cc2OC)cc(Cl)c1OC. The van der Waals surface area contributed by atoms with Gasteiger partial charge < -0.3 is 24.3 Å². The van der Waals surface area contributed by atoms with E-state index < -0.39 is 0 Å². The van der Waals surface area contributed by atoms with Gasteiger partial charge in [-0.25, -0.2) is 0 Å². The zero-order valence-corrected chi connectivity index (χ0v) is 16.4. The molecule has 0 saturated carbocycles. The van der Waals surface area contributed by atoms with Gasteiger partial charge >= 0.3 is 0 Å². The third-order valence-corrected chi connectivity index (χ3v) is 3.91. The van der Waals surface area contributed by atoms with Crippen molar-refractivity contribution in [1.82, 2.24) is 0 Å². The lowest BCUT2D eigenvalue weighted by molar-refractivity contribution is -0.111. The maximum Gasteiger partial charge on any atom is 0.248 e. The number of rotatable bonds is 8. The van der Waals surface area contributed by atoms with Crippen LogP contribution in [0.5, 0.6) is 23.0 Å². The average Bonchev–Trinajstić information content (AvgIpc) is 2.67. The number of hydrogen-bond acceptors (Lipinski definition) is 5. The van der Waals surface area contributed by atoms with Crippen molar-refractivity contribution in [2.45, 2.75) is 6.92 Å². The lowest BCUT2D eigenvalue weighted by atomic mass is 10.2. The molecular formula is C20H22ClNO5. The number of anilines is 1. The molecule has 0 fully saturated rings. The Morgan fingerprint density at radius 3 is 2.48 bits per heavy atom. The van der Waals surface area contributed by atoms with Gasteiger partial charge in [0.25, 0.3) is 0 Å². The van der Waals surface area contributed by atoms with Gasteiger partial charge in [-0.2, -0.15) is 0 Å². The van der Waals surface area contributed by atoms with Gasteiger partial charge in [0.15, 0.2) is 11.5 Å². The van der Waals surface area contributed by atoms with Crippen LogP contribution in [0.1, 0.15) is 12.5 Å². The lowest BCUT2D eigenvalue weighted by Crippen LogP contribution is -2.09. The molecule has 0 atom stereocenters. The van der Waals surface area contributed by atoms with Crippen LogP contribution in [0.25, 0.3) is 6.08 Å². The number of ether oxygens (including phenoxy) is 4. The zero-order chi connectivity index (χ0) is 19.8. The second-order valence-corrected chi connectivity index (χ2v) is 5.76. The maximum absolute atomic E-state index is 12.3. The van der Waals surface area contributed by atoms with Crippen LogP contribution < -0.4 is 24.3 Å². The Morgan fingerprint density at radius 2 is 1.85 bits per heavy atom. The Bertz CT molecular complexity index is 835.